The van der Waals surface area contributed by atoms with E-state index < -0.39 is 0 Å². The molecule has 0 atom stereocenters. The van der Waals surface area contributed by atoms with Gasteiger partial charge in [0, 0.05) is 117 Å². The monoisotopic (exact) mass is 1800 g/mol. The predicted octanol–water partition coefficient (Wildman–Crippen LogP) is 37.9. The zero-order chi connectivity index (χ0) is 94.2. The zero-order valence-corrected chi connectivity index (χ0v) is 78.6. The molecule has 26 aromatic rings. The van der Waals surface area contributed by atoms with Crippen molar-refractivity contribution >= 4 is 204 Å². The molecule has 26 rings (SSSR count). The van der Waals surface area contributed by atoms with Crippen LogP contribution in [0.15, 0.2) is 540 Å². The highest BCUT2D eigenvalue weighted by molar-refractivity contribution is 6.34. The van der Waals surface area contributed by atoms with Crippen molar-refractivity contribution in [3.05, 3.63) is 540 Å². The summed E-state index contributed by atoms with van der Waals surface area (Å²) in [4.78, 5) is 14.0. The molecule has 0 aliphatic rings. The molecule has 141 heavy (non-hydrogen) atoms. The SMILES string of the molecule is CN(c1ccc(N(c2cccc(-c3ccccc3)c2)c2ccc3ccccc3c2)cc1)c1cc2ccccc2c2ccccc12.CN(c1ccc(N(c2cccc(-c3ccccc3)c2)c2ccc3ccccc3c2)cc1)c1ccc2c3cccc4cccc(c5cccc1c52)c43.CN(c1ccc(N(c2cccc(-c3ccccc3)c2)c2ccc3ccccc3c2)cc1)c1ccc2cc3ccccc3cc2c1. The van der Waals surface area contributed by atoms with Crippen LogP contribution in [0, 0.1) is 0 Å². The second-order valence-corrected chi connectivity index (χ2v) is 36.5. The summed E-state index contributed by atoms with van der Waals surface area (Å²) in [5, 5.41) is 27.9. The lowest BCUT2D eigenvalue weighted by molar-refractivity contribution is 1.21. The summed E-state index contributed by atoms with van der Waals surface area (Å²) in [5.41, 5.74) is 24.2. The van der Waals surface area contributed by atoms with Crippen molar-refractivity contribution < 1.29 is 0 Å². The average molecular weight is 1800 g/mol. The van der Waals surface area contributed by atoms with E-state index in [4.69, 9.17) is 0 Å². The van der Waals surface area contributed by atoms with Crippen molar-refractivity contribution in [1.29, 1.82) is 0 Å². The molecule has 0 radical (unpaired) electrons. The van der Waals surface area contributed by atoms with E-state index in [0.29, 0.717) is 0 Å². The van der Waals surface area contributed by atoms with E-state index in [1.54, 1.807) is 0 Å². The molecule has 26 aromatic carbocycles. The second-order valence-electron chi connectivity index (χ2n) is 36.5. The van der Waals surface area contributed by atoms with Crippen LogP contribution in [0.3, 0.4) is 0 Å². The average Bonchev–Trinajstić information content (AvgIpc) is 0.714. The number of anilines is 15. The van der Waals surface area contributed by atoms with Crippen molar-refractivity contribution in [3.8, 4) is 33.4 Å². The van der Waals surface area contributed by atoms with Gasteiger partial charge in [0.15, 0.2) is 0 Å². The molecule has 0 aromatic heterocycles. The summed E-state index contributed by atoms with van der Waals surface area (Å²) in [7, 11) is 6.48. The molecule has 0 saturated carbocycles. The minimum absolute atomic E-state index is 1.11. The van der Waals surface area contributed by atoms with Crippen LogP contribution in [0.5, 0.6) is 0 Å². The van der Waals surface area contributed by atoms with Crippen molar-refractivity contribution in [3.63, 3.8) is 0 Å². The van der Waals surface area contributed by atoms with Crippen molar-refractivity contribution in [2.75, 3.05) is 50.5 Å². The summed E-state index contributed by atoms with van der Waals surface area (Å²) in [6.07, 6.45) is 0. The fourth-order valence-electron chi connectivity index (χ4n) is 20.9. The molecular weight excluding hydrogens is 1710 g/mol. The van der Waals surface area contributed by atoms with E-state index in [0.717, 1.165) is 73.9 Å². The lowest BCUT2D eigenvalue weighted by Crippen LogP contribution is -2.12. The molecule has 6 heteroatoms. The third kappa shape index (κ3) is 16.7. The van der Waals surface area contributed by atoms with Gasteiger partial charge in [0.25, 0.3) is 0 Å². The number of nitrogens with zero attached hydrogens (tertiary/aromatic N) is 6. The van der Waals surface area contributed by atoms with Gasteiger partial charge in [-0.25, -0.2) is 0 Å². The Morgan fingerprint density at radius 1 is 0.113 bits per heavy atom. The van der Waals surface area contributed by atoms with E-state index in [1.165, 1.54) is 163 Å². The first-order valence-electron chi connectivity index (χ1n) is 48.4. The van der Waals surface area contributed by atoms with Crippen LogP contribution in [-0.2, 0) is 0 Å². The van der Waals surface area contributed by atoms with E-state index in [2.05, 4.69) is 590 Å². The molecule has 668 valence electrons. The Morgan fingerprint density at radius 3 is 0.830 bits per heavy atom. The minimum atomic E-state index is 1.11. The fraction of sp³-hybridized carbons (Fsp3) is 0.0222. The molecule has 0 amide bonds. The summed E-state index contributed by atoms with van der Waals surface area (Å²) in [5.74, 6) is 0. The van der Waals surface area contributed by atoms with Gasteiger partial charge >= 0.3 is 0 Å². The van der Waals surface area contributed by atoms with Crippen LogP contribution in [0.25, 0.3) is 152 Å². The van der Waals surface area contributed by atoms with Gasteiger partial charge in [0.2, 0.25) is 0 Å². The Bertz CT molecular complexity index is 9070. The topological polar surface area (TPSA) is 19.4 Å². The first-order chi connectivity index (χ1) is 69.6. The highest BCUT2D eigenvalue weighted by Crippen LogP contribution is 2.49. The molecule has 0 spiro atoms. The summed E-state index contributed by atoms with van der Waals surface area (Å²) < 4.78 is 0. The number of benzene rings is 26. The second kappa shape index (κ2) is 37.4. The lowest BCUT2D eigenvalue weighted by atomic mass is 9.89. The quantitative estimate of drug-likeness (QED) is 0.0625. The fourth-order valence-corrected chi connectivity index (χ4v) is 20.9. The Hall–Kier alpha value is -18.4. The molecule has 0 bridgehead atoms. The molecule has 0 heterocycles. The van der Waals surface area contributed by atoms with Crippen LogP contribution in [-0.4, -0.2) is 21.1 Å². The number of hydrogen-bond acceptors (Lipinski definition) is 6. The van der Waals surface area contributed by atoms with Gasteiger partial charge in [0.1, 0.15) is 0 Å². The van der Waals surface area contributed by atoms with Crippen molar-refractivity contribution in [2.45, 2.75) is 0 Å². The summed E-state index contributed by atoms with van der Waals surface area (Å²) >= 11 is 0. The van der Waals surface area contributed by atoms with E-state index in [1.807, 2.05) is 0 Å². The third-order valence-corrected chi connectivity index (χ3v) is 28.1. The van der Waals surface area contributed by atoms with Gasteiger partial charge in [-0.05, 0) is 323 Å². The van der Waals surface area contributed by atoms with Gasteiger partial charge in [-0.15, -0.1) is 0 Å². The van der Waals surface area contributed by atoms with Crippen molar-refractivity contribution in [2.24, 2.45) is 0 Å². The normalized spacial score (nSPS) is 11.4. The number of hydrogen-bond donors (Lipinski definition) is 0. The van der Waals surface area contributed by atoms with E-state index in [-0.39, 0.29) is 0 Å². The number of rotatable bonds is 18. The van der Waals surface area contributed by atoms with Gasteiger partial charge in [0.05, 0.1) is 0 Å². The van der Waals surface area contributed by atoms with Crippen LogP contribution in [0.2, 0.25) is 0 Å². The van der Waals surface area contributed by atoms with Crippen LogP contribution >= 0.6 is 0 Å². The molecule has 0 unspecified atom stereocenters. The maximum atomic E-state index is 2.36. The molecule has 0 fully saturated rings. The molecular formula is C135H98N6. The smallest absolute Gasteiger partial charge is 0.0494 e. The van der Waals surface area contributed by atoms with Crippen LogP contribution < -0.4 is 29.4 Å². The van der Waals surface area contributed by atoms with Gasteiger partial charge < -0.3 is 29.4 Å². The Balaban J connectivity index is 0.000000115. The third-order valence-electron chi connectivity index (χ3n) is 28.1. The lowest BCUT2D eigenvalue weighted by Gasteiger charge is -2.28. The Kier molecular flexibility index (Phi) is 22.7. The predicted molar refractivity (Wildman–Crippen MR) is 607 cm³/mol. The maximum Gasteiger partial charge on any atom is 0.0494 e. The molecule has 0 saturated heterocycles. The number of fused-ring (bicyclic) bond motifs is 10. The van der Waals surface area contributed by atoms with Crippen molar-refractivity contribution in [1.82, 2.24) is 0 Å². The largest absolute Gasteiger partial charge is 0.345 e. The van der Waals surface area contributed by atoms with Gasteiger partial charge in [-0.1, -0.05) is 358 Å². The van der Waals surface area contributed by atoms with Gasteiger partial charge in [-0.3, -0.25) is 0 Å². The van der Waals surface area contributed by atoms with E-state index in [9.17, 15) is 0 Å². The first kappa shape index (κ1) is 85.6. The summed E-state index contributed by atoms with van der Waals surface area (Å²) in [6.45, 7) is 0. The highest BCUT2D eigenvalue weighted by atomic mass is 15.2. The van der Waals surface area contributed by atoms with Gasteiger partial charge in [-0.2, -0.15) is 0 Å². The zero-order valence-electron chi connectivity index (χ0n) is 78.6. The maximum absolute atomic E-state index is 2.36. The molecule has 0 aliphatic carbocycles. The van der Waals surface area contributed by atoms with Crippen LogP contribution in [0.1, 0.15) is 0 Å². The standard InChI is InChI=1S/C49H34N2.2C43H32N2/c1-50(47-30-29-45-43-20-9-16-35-15-8-19-42(48(35)43)44-21-10-22-46(47)49(44)45)38-25-27-39(28-26-38)51(41-24-23-34-13-5-6-14-36(34)32-41)40-18-7-17-37(31-40)33-11-3-2-4-12-33;1-44(43-30-35-16-7-8-19-40(35)41-20-9-10-21-42(41)43)36-24-26-37(27-25-36)45(39-23-22-32-14-5-6-15-33(32)29-39)38-18-11-17-34(28-38)31-12-3-2-4-13-31;1-44(41-20-19-37-26-33-13-7-8-14-34(33)27-38(37)30-41)39-22-24-40(25-23-39)45(43-21-18-32-12-5-6-15-35(32)29-43)42-17-9-16-36(28-42)31-10-3-2-4-11-31/h2-32H,1H3;2*2-30H,1H3. The summed E-state index contributed by atoms with van der Waals surface area (Å²) in [6, 6.07) is 195. The molecule has 6 nitrogen and oxygen atoms in total. The first-order valence-corrected chi connectivity index (χ1v) is 48.4. The molecule has 0 N–H and O–H groups in total. The Morgan fingerprint density at radius 2 is 0.383 bits per heavy atom. The minimum Gasteiger partial charge on any atom is -0.345 e. The Labute approximate surface area is 821 Å². The van der Waals surface area contributed by atoms with E-state index >= 15 is 0 Å². The molecule has 0 aliphatic heterocycles. The highest BCUT2D eigenvalue weighted by Gasteiger charge is 2.24. The van der Waals surface area contributed by atoms with Crippen LogP contribution in [0.4, 0.5) is 85.3 Å².